The second kappa shape index (κ2) is 6.20. The molecule has 0 radical (unpaired) electrons. The largest absolute Gasteiger partial charge is 0.336 e. The van der Waals surface area contributed by atoms with Crippen molar-refractivity contribution >= 4 is 26.0 Å². The SMILES string of the molecule is CC(Cn1ccnc1)NS(=O)(=O)c1c(F)cc(F)cc1Br. The molecule has 1 N–H and O–H groups in total. The van der Waals surface area contributed by atoms with Gasteiger partial charge in [0.1, 0.15) is 16.5 Å². The first-order valence-corrected chi connectivity index (χ1v) is 8.20. The summed E-state index contributed by atoms with van der Waals surface area (Å²) in [5.74, 6) is -2.01. The first kappa shape index (κ1) is 16.1. The van der Waals surface area contributed by atoms with E-state index < -0.39 is 32.6 Å². The summed E-state index contributed by atoms with van der Waals surface area (Å²) in [4.78, 5) is 3.23. The Morgan fingerprint density at radius 2 is 2.14 bits per heavy atom. The minimum absolute atomic E-state index is 0.165. The molecule has 0 saturated carbocycles. The zero-order chi connectivity index (χ0) is 15.6. The van der Waals surface area contributed by atoms with Gasteiger partial charge in [-0.2, -0.15) is 0 Å². The fraction of sp³-hybridized carbons (Fsp3) is 0.250. The van der Waals surface area contributed by atoms with Gasteiger partial charge in [-0.05, 0) is 28.9 Å². The minimum atomic E-state index is -4.11. The van der Waals surface area contributed by atoms with Crippen molar-refractivity contribution in [1.29, 1.82) is 0 Å². The smallest absolute Gasteiger partial charge is 0.244 e. The average molecular weight is 380 g/mol. The van der Waals surface area contributed by atoms with Gasteiger partial charge in [0.15, 0.2) is 0 Å². The molecule has 0 spiro atoms. The van der Waals surface area contributed by atoms with Crippen molar-refractivity contribution in [2.75, 3.05) is 0 Å². The molecule has 2 rings (SSSR count). The normalized spacial score (nSPS) is 13.3. The van der Waals surface area contributed by atoms with E-state index in [9.17, 15) is 17.2 Å². The molecule has 5 nitrogen and oxygen atoms in total. The fourth-order valence-corrected chi connectivity index (χ4v) is 4.26. The highest BCUT2D eigenvalue weighted by molar-refractivity contribution is 9.10. The second-order valence-electron chi connectivity index (χ2n) is 4.48. The molecule has 0 aliphatic carbocycles. The molecule has 0 aliphatic rings. The van der Waals surface area contributed by atoms with Crippen LogP contribution in [0.2, 0.25) is 0 Å². The van der Waals surface area contributed by atoms with Crippen LogP contribution in [0.1, 0.15) is 6.92 Å². The Labute approximate surface area is 129 Å². The standard InChI is InChI=1S/C12H12BrF2N3O2S/c1-8(6-18-3-2-16-7-18)17-21(19,20)12-10(13)4-9(14)5-11(12)15/h2-5,7-8,17H,6H2,1H3. The molecule has 0 fully saturated rings. The van der Waals surface area contributed by atoms with Crippen molar-refractivity contribution in [2.24, 2.45) is 0 Å². The van der Waals surface area contributed by atoms with Gasteiger partial charge in [0.2, 0.25) is 10.0 Å². The van der Waals surface area contributed by atoms with Gasteiger partial charge in [-0.3, -0.25) is 0 Å². The third kappa shape index (κ3) is 3.86. The number of imidazole rings is 1. The highest BCUT2D eigenvalue weighted by Gasteiger charge is 2.25. The Hall–Kier alpha value is -1.32. The van der Waals surface area contributed by atoms with Gasteiger partial charge in [-0.25, -0.2) is 26.9 Å². The lowest BCUT2D eigenvalue weighted by atomic mass is 10.3. The van der Waals surface area contributed by atoms with Crippen molar-refractivity contribution in [3.8, 4) is 0 Å². The summed E-state index contributed by atoms with van der Waals surface area (Å²) in [6.45, 7) is 1.96. The molecule has 2 aromatic rings. The molecule has 1 heterocycles. The van der Waals surface area contributed by atoms with Gasteiger partial charge in [0.05, 0.1) is 6.33 Å². The zero-order valence-corrected chi connectivity index (χ0v) is 13.3. The minimum Gasteiger partial charge on any atom is -0.336 e. The number of hydrogen-bond acceptors (Lipinski definition) is 3. The molecular formula is C12H12BrF2N3O2S. The van der Waals surface area contributed by atoms with E-state index >= 15 is 0 Å². The van der Waals surface area contributed by atoms with Gasteiger partial charge < -0.3 is 4.57 Å². The molecular weight excluding hydrogens is 368 g/mol. The number of sulfonamides is 1. The molecule has 9 heteroatoms. The monoisotopic (exact) mass is 379 g/mol. The Bertz CT molecular complexity index is 712. The first-order valence-electron chi connectivity index (χ1n) is 5.92. The summed E-state index contributed by atoms with van der Waals surface area (Å²) in [5.41, 5.74) is 0. The quantitative estimate of drug-likeness (QED) is 0.866. The van der Waals surface area contributed by atoms with Crippen LogP contribution in [0.3, 0.4) is 0 Å². The Morgan fingerprint density at radius 1 is 1.43 bits per heavy atom. The highest BCUT2D eigenvalue weighted by Crippen LogP contribution is 2.26. The lowest BCUT2D eigenvalue weighted by Crippen LogP contribution is -2.36. The van der Waals surface area contributed by atoms with Crippen LogP contribution in [-0.2, 0) is 16.6 Å². The van der Waals surface area contributed by atoms with E-state index in [0.717, 1.165) is 6.07 Å². The Kier molecular flexibility index (Phi) is 4.74. The third-order valence-corrected chi connectivity index (χ3v) is 5.18. The molecule has 0 saturated heterocycles. The fourth-order valence-electron chi connectivity index (χ4n) is 1.86. The highest BCUT2D eigenvalue weighted by atomic mass is 79.9. The van der Waals surface area contributed by atoms with E-state index in [0.29, 0.717) is 12.6 Å². The topological polar surface area (TPSA) is 64.0 Å². The van der Waals surface area contributed by atoms with Crippen LogP contribution in [0, 0.1) is 11.6 Å². The van der Waals surface area contributed by atoms with Crippen LogP contribution in [0.4, 0.5) is 8.78 Å². The molecule has 0 aliphatic heterocycles. The van der Waals surface area contributed by atoms with E-state index in [1.807, 2.05) is 0 Å². The van der Waals surface area contributed by atoms with Gasteiger partial charge >= 0.3 is 0 Å². The van der Waals surface area contributed by atoms with E-state index in [4.69, 9.17) is 0 Å². The molecule has 114 valence electrons. The molecule has 21 heavy (non-hydrogen) atoms. The van der Waals surface area contributed by atoms with Gasteiger partial charge in [-0.1, -0.05) is 0 Å². The molecule has 1 aromatic heterocycles. The zero-order valence-electron chi connectivity index (χ0n) is 10.9. The van der Waals surface area contributed by atoms with Crippen molar-refractivity contribution in [1.82, 2.24) is 14.3 Å². The second-order valence-corrected chi connectivity index (χ2v) is 6.99. The van der Waals surface area contributed by atoms with E-state index in [2.05, 4.69) is 25.6 Å². The van der Waals surface area contributed by atoms with Crippen molar-refractivity contribution in [3.63, 3.8) is 0 Å². The predicted molar refractivity (Wildman–Crippen MR) is 76.1 cm³/mol. The Morgan fingerprint density at radius 3 is 2.71 bits per heavy atom. The van der Waals surface area contributed by atoms with Crippen LogP contribution in [0.15, 0.2) is 40.2 Å². The molecule has 0 amide bonds. The van der Waals surface area contributed by atoms with Crippen LogP contribution in [0.25, 0.3) is 0 Å². The maximum absolute atomic E-state index is 13.7. The van der Waals surface area contributed by atoms with Crippen LogP contribution >= 0.6 is 15.9 Å². The van der Waals surface area contributed by atoms with Crippen LogP contribution in [-0.4, -0.2) is 24.0 Å². The molecule has 1 unspecified atom stereocenters. The Balaban J connectivity index is 2.22. The van der Waals surface area contributed by atoms with Crippen molar-refractivity contribution in [3.05, 3.63) is 47.0 Å². The number of hydrogen-bond donors (Lipinski definition) is 1. The van der Waals surface area contributed by atoms with Gasteiger partial charge in [0.25, 0.3) is 0 Å². The first-order chi connectivity index (χ1) is 9.79. The number of nitrogens with one attached hydrogen (secondary N) is 1. The van der Waals surface area contributed by atoms with Crippen molar-refractivity contribution < 1.29 is 17.2 Å². The molecule has 1 atom stereocenters. The number of benzene rings is 1. The van der Waals surface area contributed by atoms with E-state index in [1.54, 1.807) is 30.2 Å². The maximum atomic E-state index is 13.7. The van der Waals surface area contributed by atoms with Gasteiger partial charge in [-0.15, -0.1) is 0 Å². The van der Waals surface area contributed by atoms with E-state index in [-0.39, 0.29) is 4.47 Å². The number of rotatable bonds is 5. The summed E-state index contributed by atoms with van der Waals surface area (Å²) in [7, 11) is -4.11. The number of halogens is 3. The molecule has 1 aromatic carbocycles. The van der Waals surface area contributed by atoms with Crippen molar-refractivity contribution in [2.45, 2.75) is 24.4 Å². The van der Waals surface area contributed by atoms with E-state index in [1.165, 1.54) is 0 Å². The number of aromatic nitrogens is 2. The summed E-state index contributed by atoms with van der Waals surface area (Å²) in [6, 6.07) is 0.929. The number of nitrogens with zero attached hydrogens (tertiary/aromatic N) is 2. The average Bonchev–Trinajstić information content (AvgIpc) is 2.78. The third-order valence-electron chi connectivity index (χ3n) is 2.63. The lowest BCUT2D eigenvalue weighted by Gasteiger charge is -2.16. The summed E-state index contributed by atoms with van der Waals surface area (Å²) in [5, 5.41) is 0. The maximum Gasteiger partial charge on any atom is 0.244 e. The van der Waals surface area contributed by atoms with Gasteiger partial charge in [0, 0.05) is 35.5 Å². The van der Waals surface area contributed by atoms with Crippen LogP contribution in [0.5, 0.6) is 0 Å². The summed E-state index contributed by atoms with van der Waals surface area (Å²) < 4.78 is 55.0. The predicted octanol–water partition coefficient (Wildman–Crippen LogP) is 2.29. The summed E-state index contributed by atoms with van der Waals surface area (Å²) >= 11 is 2.87. The summed E-state index contributed by atoms with van der Waals surface area (Å²) in [6.07, 6.45) is 4.79. The van der Waals surface area contributed by atoms with Crippen LogP contribution < -0.4 is 4.72 Å². The lowest BCUT2D eigenvalue weighted by molar-refractivity contribution is 0.509. The molecule has 0 bridgehead atoms.